The molecule has 2 aromatic rings. The second-order valence-corrected chi connectivity index (χ2v) is 9.74. The zero-order chi connectivity index (χ0) is 18.1. The van der Waals surface area contributed by atoms with Crippen LogP contribution in [0.3, 0.4) is 0 Å². The lowest BCUT2D eigenvalue weighted by Crippen LogP contribution is -2.46. The molecule has 5 atom stereocenters. The second-order valence-electron chi connectivity index (χ2n) is 8.38. The molecule has 0 saturated heterocycles. The zero-order valence-electron chi connectivity index (χ0n) is 15.0. The fraction of sp³-hybridized carbons (Fsp3) is 0.333. The van der Waals surface area contributed by atoms with E-state index in [0.717, 1.165) is 18.0 Å². The summed E-state index contributed by atoms with van der Waals surface area (Å²) in [4.78, 5) is 2.74. The number of rotatable bonds is 1. The Kier molecular flexibility index (Phi) is 3.65. The first-order chi connectivity index (χ1) is 13.2. The number of hydrogen-bond donors (Lipinski definition) is 0. The molecule has 0 N–H and O–H groups in total. The molecule has 0 unspecified atom stereocenters. The van der Waals surface area contributed by atoms with E-state index >= 15 is 0 Å². The van der Waals surface area contributed by atoms with Crippen molar-refractivity contribution in [1.82, 2.24) is 0 Å². The van der Waals surface area contributed by atoms with Gasteiger partial charge in [-0.05, 0) is 65.6 Å². The molecule has 0 aromatic heterocycles. The fourth-order valence-corrected chi connectivity index (χ4v) is 6.60. The normalized spacial score (nSPS) is 32.4. The first-order valence-electron chi connectivity index (χ1n) is 9.89. The lowest BCUT2D eigenvalue weighted by Gasteiger charge is -2.51. The summed E-state index contributed by atoms with van der Waals surface area (Å²) in [6, 6.07) is 13.8. The monoisotopic (exact) mass is 437 g/mol. The summed E-state index contributed by atoms with van der Waals surface area (Å²) in [6.07, 6.45) is 12.0. The molecule has 0 radical (unpaired) electrons. The van der Waals surface area contributed by atoms with Gasteiger partial charge < -0.3 is 4.90 Å². The Labute approximate surface area is 173 Å². The van der Waals surface area contributed by atoms with Crippen LogP contribution in [0.25, 0.3) is 0 Å². The van der Waals surface area contributed by atoms with Gasteiger partial charge in [0, 0.05) is 33.6 Å². The largest absolute Gasteiger partial charge is 0.363 e. The van der Waals surface area contributed by atoms with Crippen LogP contribution in [0.15, 0.2) is 65.2 Å². The van der Waals surface area contributed by atoms with E-state index in [0.29, 0.717) is 29.7 Å². The van der Waals surface area contributed by atoms with Crippen LogP contribution >= 0.6 is 27.5 Å². The molecular formula is C24H21BrClN. The third kappa shape index (κ3) is 2.36. The molecule has 0 saturated carbocycles. The van der Waals surface area contributed by atoms with Crippen LogP contribution in [0.5, 0.6) is 0 Å². The van der Waals surface area contributed by atoms with Gasteiger partial charge in [0.2, 0.25) is 0 Å². The van der Waals surface area contributed by atoms with Gasteiger partial charge >= 0.3 is 0 Å². The van der Waals surface area contributed by atoms with Crippen molar-refractivity contribution in [2.45, 2.75) is 30.7 Å². The topological polar surface area (TPSA) is 3.24 Å². The Morgan fingerprint density at radius 1 is 0.926 bits per heavy atom. The molecule has 2 aliphatic heterocycles. The van der Waals surface area contributed by atoms with Crippen LogP contribution in [0, 0.1) is 11.8 Å². The van der Waals surface area contributed by atoms with Gasteiger partial charge in [-0.3, -0.25) is 0 Å². The predicted molar refractivity (Wildman–Crippen MR) is 116 cm³/mol. The third-order valence-corrected chi connectivity index (χ3v) is 7.74. The van der Waals surface area contributed by atoms with Gasteiger partial charge in [-0.1, -0.05) is 64.0 Å². The van der Waals surface area contributed by atoms with Crippen molar-refractivity contribution in [2.75, 3.05) is 11.4 Å². The average Bonchev–Trinajstić information content (AvgIpc) is 3.32. The van der Waals surface area contributed by atoms with Gasteiger partial charge in [-0.25, -0.2) is 0 Å². The lowest BCUT2D eigenvalue weighted by molar-refractivity contribution is 0.335. The second kappa shape index (κ2) is 5.99. The molecule has 0 fully saturated rings. The highest BCUT2D eigenvalue weighted by Gasteiger charge is 2.47. The number of anilines is 1. The SMILES string of the molecule is Clc1ccc([C@@H]2[C@@H]3CC=C[C@@H]3c3cc(Br)cc4c3N2C[C@@H]2CC=C[C@@H]42)cc1. The fourth-order valence-electron chi connectivity index (χ4n) is 5.98. The Morgan fingerprint density at radius 2 is 1.63 bits per heavy atom. The summed E-state index contributed by atoms with van der Waals surface area (Å²) in [5, 5.41) is 0.819. The van der Waals surface area contributed by atoms with Crippen molar-refractivity contribution in [3.8, 4) is 0 Å². The maximum Gasteiger partial charge on any atom is 0.0582 e. The summed E-state index contributed by atoms with van der Waals surface area (Å²) < 4.78 is 1.22. The molecule has 3 heteroatoms. The van der Waals surface area contributed by atoms with Crippen molar-refractivity contribution < 1.29 is 0 Å². The molecular weight excluding hydrogens is 418 g/mol. The smallest absolute Gasteiger partial charge is 0.0582 e. The summed E-state index contributed by atoms with van der Waals surface area (Å²) in [6.45, 7) is 1.15. The maximum absolute atomic E-state index is 6.20. The summed E-state index contributed by atoms with van der Waals surface area (Å²) in [5.41, 5.74) is 5.94. The Bertz CT molecular complexity index is 959. The molecule has 136 valence electrons. The Morgan fingerprint density at radius 3 is 2.44 bits per heavy atom. The molecule has 27 heavy (non-hydrogen) atoms. The summed E-state index contributed by atoms with van der Waals surface area (Å²) in [7, 11) is 0. The van der Waals surface area contributed by atoms with E-state index in [2.05, 4.69) is 81.5 Å². The number of allylic oxidation sites excluding steroid dienone is 4. The van der Waals surface area contributed by atoms with Crippen LogP contribution in [0.4, 0.5) is 5.69 Å². The minimum atomic E-state index is 0.427. The number of nitrogens with zero attached hydrogens (tertiary/aromatic N) is 1. The zero-order valence-corrected chi connectivity index (χ0v) is 17.3. The van der Waals surface area contributed by atoms with E-state index in [9.17, 15) is 0 Å². The van der Waals surface area contributed by atoms with E-state index in [-0.39, 0.29) is 0 Å². The highest BCUT2D eigenvalue weighted by atomic mass is 79.9. The van der Waals surface area contributed by atoms with Crippen LogP contribution in [0.2, 0.25) is 5.02 Å². The van der Waals surface area contributed by atoms with E-state index in [1.165, 1.54) is 33.3 Å². The number of benzene rings is 2. The van der Waals surface area contributed by atoms with Crippen LogP contribution < -0.4 is 4.90 Å². The highest BCUT2D eigenvalue weighted by molar-refractivity contribution is 9.10. The van der Waals surface area contributed by atoms with Crippen molar-refractivity contribution in [3.63, 3.8) is 0 Å². The Hall–Kier alpha value is -1.51. The molecule has 1 nitrogen and oxygen atoms in total. The predicted octanol–water partition coefficient (Wildman–Crippen LogP) is 7.00. The standard InChI is InChI=1S/C24H21BrClN/c25-16-11-21-18-4-1-3-15(18)13-27-23(14-7-9-17(26)10-8-14)20-6-2-5-19(20)22(12-16)24(21)27/h1-2,4-5,7-12,15,18-20,23H,3,6,13H2/t15-,18+,19-,20+,23+/m0/s1. The van der Waals surface area contributed by atoms with Gasteiger partial charge in [0.25, 0.3) is 0 Å². The lowest BCUT2D eigenvalue weighted by atomic mass is 9.71. The molecule has 0 bridgehead atoms. The van der Waals surface area contributed by atoms with Gasteiger partial charge in [0.05, 0.1) is 6.04 Å². The molecule has 0 spiro atoms. The molecule has 2 heterocycles. The van der Waals surface area contributed by atoms with E-state index in [1.54, 1.807) is 0 Å². The van der Waals surface area contributed by atoms with Crippen LogP contribution in [-0.2, 0) is 0 Å². The van der Waals surface area contributed by atoms with E-state index in [4.69, 9.17) is 11.6 Å². The van der Waals surface area contributed by atoms with E-state index in [1.807, 2.05) is 0 Å². The minimum absolute atomic E-state index is 0.427. The molecule has 2 aromatic carbocycles. The molecule has 2 aliphatic carbocycles. The minimum Gasteiger partial charge on any atom is -0.363 e. The van der Waals surface area contributed by atoms with Crippen LogP contribution in [0.1, 0.15) is 47.4 Å². The molecule has 0 amide bonds. The molecule has 4 aliphatic rings. The van der Waals surface area contributed by atoms with E-state index < -0.39 is 0 Å². The third-order valence-electron chi connectivity index (χ3n) is 7.03. The number of hydrogen-bond acceptors (Lipinski definition) is 1. The summed E-state index contributed by atoms with van der Waals surface area (Å²) in [5.74, 6) is 2.38. The van der Waals surface area contributed by atoms with Gasteiger partial charge in [-0.2, -0.15) is 0 Å². The number of halogens is 2. The van der Waals surface area contributed by atoms with Crippen molar-refractivity contribution in [2.24, 2.45) is 11.8 Å². The van der Waals surface area contributed by atoms with Crippen LogP contribution in [-0.4, -0.2) is 6.54 Å². The first kappa shape index (κ1) is 16.4. The van der Waals surface area contributed by atoms with Gasteiger partial charge in [-0.15, -0.1) is 0 Å². The molecule has 6 rings (SSSR count). The van der Waals surface area contributed by atoms with Gasteiger partial charge in [0.15, 0.2) is 0 Å². The van der Waals surface area contributed by atoms with Crippen molar-refractivity contribution in [1.29, 1.82) is 0 Å². The average molecular weight is 439 g/mol. The van der Waals surface area contributed by atoms with Gasteiger partial charge in [0.1, 0.15) is 0 Å². The van der Waals surface area contributed by atoms with Crippen molar-refractivity contribution >= 4 is 33.2 Å². The summed E-state index contributed by atoms with van der Waals surface area (Å²) >= 11 is 10.0. The highest BCUT2D eigenvalue weighted by Crippen LogP contribution is 2.59. The quantitative estimate of drug-likeness (QED) is 0.433. The van der Waals surface area contributed by atoms with Crippen molar-refractivity contribution in [3.05, 3.63) is 86.9 Å². The number of fused-ring (bicyclic) bond motifs is 4. The maximum atomic E-state index is 6.20. The Balaban J connectivity index is 1.59. The first-order valence-corrected chi connectivity index (χ1v) is 11.1.